The molecule has 5 nitrogen and oxygen atoms in total. The Morgan fingerprint density at radius 2 is 2.08 bits per heavy atom. The minimum atomic E-state index is -0.340. The summed E-state index contributed by atoms with van der Waals surface area (Å²) < 4.78 is 10.7. The summed E-state index contributed by atoms with van der Waals surface area (Å²) in [6.45, 7) is 6.95. The van der Waals surface area contributed by atoms with Crippen molar-refractivity contribution in [1.82, 2.24) is 4.98 Å². The second-order valence-corrected chi connectivity index (χ2v) is 6.59. The number of methoxy groups -OCH3 is 1. The maximum Gasteiger partial charge on any atom is 0.357 e. The highest BCUT2D eigenvalue weighted by atomic mass is 16.5. The number of aryl methyl sites for hydroxylation is 2. The molecule has 0 amide bonds. The van der Waals surface area contributed by atoms with Crippen LogP contribution >= 0.6 is 0 Å². The Kier molecular flexibility index (Phi) is 3.94. The molecule has 0 fully saturated rings. The summed E-state index contributed by atoms with van der Waals surface area (Å²) in [5.74, 6) is 0.472. The van der Waals surface area contributed by atoms with Crippen molar-refractivity contribution in [2.75, 3.05) is 20.3 Å². The summed E-state index contributed by atoms with van der Waals surface area (Å²) in [7, 11) is 1.67. The second kappa shape index (κ2) is 6.16. The minimum absolute atomic E-state index is 0.340. The molecular weight excluding hydrogens is 328 g/mol. The van der Waals surface area contributed by atoms with Gasteiger partial charge in [0.1, 0.15) is 5.75 Å². The molecule has 2 heterocycles. The molecule has 0 atom stereocenters. The molecule has 0 unspecified atom stereocenters. The van der Waals surface area contributed by atoms with Gasteiger partial charge in [-0.15, -0.1) is 0 Å². The van der Waals surface area contributed by atoms with Crippen LogP contribution in [0.5, 0.6) is 5.75 Å². The van der Waals surface area contributed by atoms with Crippen molar-refractivity contribution in [3.8, 4) is 5.75 Å². The zero-order valence-electron chi connectivity index (χ0n) is 15.5. The Labute approximate surface area is 152 Å². The summed E-state index contributed by atoms with van der Waals surface area (Å²) in [5, 5.41) is 2.21. The minimum Gasteiger partial charge on any atom is -0.497 e. The van der Waals surface area contributed by atoms with Gasteiger partial charge in [-0.1, -0.05) is 0 Å². The van der Waals surface area contributed by atoms with Crippen LogP contribution in [0, 0.1) is 13.8 Å². The van der Waals surface area contributed by atoms with Crippen molar-refractivity contribution >= 4 is 33.5 Å². The first-order chi connectivity index (χ1) is 12.6. The van der Waals surface area contributed by atoms with Gasteiger partial charge in [0, 0.05) is 28.4 Å². The number of carbonyl (C=O) groups is 1. The van der Waals surface area contributed by atoms with E-state index in [1.807, 2.05) is 25.1 Å². The van der Waals surface area contributed by atoms with Crippen molar-refractivity contribution in [3.63, 3.8) is 0 Å². The van der Waals surface area contributed by atoms with E-state index in [-0.39, 0.29) is 5.97 Å². The molecule has 1 aliphatic heterocycles. The Balaban J connectivity index is 2.07. The van der Waals surface area contributed by atoms with Crippen LogP contribution in [-0.4, -0.2) is 36.9 Å². The zero-order chi connectivity index (χ0) is 18.4. The van der Waals surface area contributed by atoms with E-state index in [9.17, 15) is 4.79 Å². The fourth-order valence-electron chi connectivity index (χ4n) is 4.02. The van der Waals surface area contributed by atoms with E-state index in [0.717, 1.165) is 45.1 Å². The van der Waals surface area contributed by atoms with Crippen LogP contribution in [0.2, 0.25) is 0 Å². The average molecular weight is 350 g/mol. The maximum absolute atomic E-state index is 12.5. The van der Waals surface area contributed by atoms with Crippen molar-refractivity contribution in [2.24, 2.45) is 4.99 Å². The van der Waals surface area contributed by atoms with Crippen molar-refractivity contribution in [3.05, 3.63) is 40.5 Å². The average Bonchev–Trinajstić information content (AvgIpc) is 3.04. The summed E-state index contributed by atoms with van der Waals surface area (Å²) in [6, 6.07) is 6.02. The molecule has 1 aliphatic rings. The molecule has 0 saturated carbocycles. The van der Waals surface area contributed by atoms with Gasteiger partial charge in [-0.2, -0.15) is 0 Å². The van der Waals surface area contributed by atoms with Crippen molar-refractivity contribution in [1.29, 1.82) is 0 Å². The summed E-state index contributed by atoms with van der Waals surface area (Å²) in [5.41, 5.74) is 6.99. The molecule has 26 heavy (non-hydrogen) atoms. The molecule has 0 bridgehead atoms. The van der Waals surface area contributed by atoms with Gasteiger partial charge in [-0.3, -0.25) is 4.99 Å². The number of nitrogens with zero attached hydrogens (tertiary/aromatic N) is 1. The van der Waals surface area contributed by atoms with E-state index in [0.29, 0.717) is 18.9 Å². The quantitative estimate of drug-likeness (QED) is 0.730. The van der Waals surface area contributed by atoms with E-state index in [2.05, 4.69) is 23.8 Å². The molecule has 1 aromatic heterocycles. The lowest BCUT2D eigenvalue weighted by Crippen LogP contribution is -2.26. The molecule has 5 heteroatoms. The molecule has 2 aromatic carbocycles. The number of esters is 1. The van der Waals surface area contributed by atoms with Gasteiger partial charge >= 0.3 is 5.97 Å². The fraction of sp³-hybridized carbons (Fsp3) is 0.333. The van der Waals surface area contributed by atoms with Crippen LogP contribution < -0.4 is 4.74 Å². The van der Waals surface area contributed by atoms with E-state index >= 15 is 0 Å². The number of aliphatic imine (C=N–C) groups is 1. The molecule has 3 aromatic rings. The van der Waals surface area contributed by atoms with Crippen LogP contribution in [0.3, 0.4) is 0 Å². The largest absolute Gasteiger partial charge is 0.497 e. The third kappa shape index (κ3) is 2.30. The highest BCUT2D eigenvalue weighted by Gasteiger charge is 2.28. The zero-order valence-corrected chi connectivity index (χ0v) is 15.5. The molecule has 1 N–H and O–H groups in total. The first-order valence-corrected chi connectivity index (χ1v) is 8.90. The van der Waals surface area contributed by atoms with Crippen molar-refractivity contribution < 1.29 is 14.3 Å². The van der Waals surface area contributed by atoms with E-state index < -0.39 is 0 Å². The summed E-state index contributed by atoms with van der Waals surface area (Å²) in [4.78, 5) is 20.5. The Morgan fingerprint density at radius 3 is 2.81 bits per heavy atom. The lowest BCUT2D eigenvalue weighted by Gasteiger charge is -2.21. The van der Waals surface area contributed by atoms with Gasteiger partial charge in [0.15, 0.2) is 5.71 Å². The Bertz CT molecular complexity index is 1080. The predicted molar refractivity (Wildman–Crippen MR) is 104 cm³/mol. The van der Waals surface area contributed by atoms with Crippen LogP contribution in [-0.2, 0) is 16.0 Å². The van der Waals surface area contributed by atoms with E-state index in [4.69, 9.17) is 9.47 Å². The number of nitrogens with one attached hydrogen (secondary N) is 1. The molecule has 0 radical (unpaired) electrons. The van der Waals surface area contributed by atoms with E-state index in [1.165, 1.54) is 11.1 Å². The molecular formula is C21H22N2O3. The summed E-state index contributed by atoms with van der Waals surface area (Å²) >= 11 is 0. The molecule has 134 valence electrons. The number of H-pyrrole nitrogens is 1. The monoisotopic (exact) mass is 350 g/mol. The number of ether oxygens (including phenoxy) is 2. The first kappa shape index (κ1) is 16.6. The second-order valence-electron chi connectivity index (χ2n) is 6.59. The van der Waals surface area contributed by atoms with Crippen LogP contribution in [0.25, 0.3) is 21.8 Å². The lowest BCUT2D eigenvalue weighted by molar-refractivity contribution is -0.134. The third-order valence-electron chi connectivity index (χ3n) is 5.22. The molecule has 4 rings (SSSR count). The molecule has 0 saturated heterocycles. The lowest BCUT2D eigenvalue weighted by atomic mass is 9.86. The van der Waals surface area contributed by atoms with E-state index in [1.54, 1.807) is 7.11 Å². The number of rotatable bonds is 3. The van der Waals surface area contributed by atoms with Gasteiger partial charge in [-0.05, 0) is 62.1 Å². The van der Waals surface area contributed by atoms with Crippen LogP contribution in [0.15, 0.2) is 23.2 Å². The van der Waals surface area contributed by atoms with Crippen LogP contribution in [0.4, 0.5) is 0 Å². The number of fused-ring (bicyclic) bond motifs is 4. The standard InChI is InChI=1S/C21H22N2O3/c1-5-26-21(24)20-17-12(3)18-15-10-13(25-4)6-7-16(15)23-19(18)11(2)14(17)8-9-22-20/h6-7,10,23H,5,8-9H2,1-4H3. The number of hydrogen-bond acceptors (Lipinski definition) is 4. The number of benzene rings is 2. The Morgan fingerprint density at radius 1 is 1.27 bits per heavy atom. The van der Waals surface area contributed by atoms with Crippen molar-refractivity contribution in [2.45, 2.75) is 27.2 Å². The van der Waals surface area contributed by atoms with Gasteiger partial charge in [0.25, 0.3) is 0 Å². The predicted octanol–water partition coefficient (Wildman–Crippen LogP) is 3.85. The van der Waals surface area contributed by atoms with Gasteiger partial charge in [0.05, 0.1) is 19.2 Å². The highest BCUT2D eigenvalue weighted by Crippen LogP contribution is 2.38. The normalized spacial score (nSPS) is 13.6. The first-order valence-electron chi connectivity index (χ1n) is 8.90. The topological polar surface area (TPSA) is 63.7 Å². The molecule has 0 aliphatic carbocycles. The smallest absolute Gasteiger partial charge is 0.357 e. The van der Waals surface area contributed by atoms with Crippen LogP contribution in [0.1, 0.15) is 29.2 Å². The number of carbonyl (C=O) groups excluding carboxylic acids is 1. The number of aromatic nitrogens is 1. The number of aromatic amines is 1. The fourth-order valence-corrected chi connectivity index (χ4v) is 4.02. The third-order valence-corrected chi connectivity index (χ3v) is 5.22. The van der Waals surface area contributed by atoms with Gasteiger partial charge in [-0.25, -0.2) is 4.79 Å². The number of hydrogen-bond donors (Lipinski definition) is 1. The van der Waals surface area contributed by atoms with Gasteiger partial charge < -0.3 is 14.5 Å². The maximum atomic E-state index is 12.5. The SMILES string of the molecule is CCOC(=O)C1=NCCc2c1c(C)c1c([nH]c3ccc(OC)cc31)c2C. The van der Waals surface area contributed by atoms with Gasteiger partial charge in [0.2, 0.25) is 0 Å². The summed E-state index contributed by atoms with van der Waals surface area (Å²) in [6.07, 6.45) is 0.833. The molecule has 0 spiro atoms. The highest BCUT2D eigenvalue weighted by molar-refractivity contribution is 6.45. The Hall–Kier alpha value is -2.82.